The van der Waals surface area contributed by atoms with E-state index in [0.29, 0.717) is 6.42 Å². The Morgan fingerprint density at radius 2 is 2.12 bits per heavy atom. The van der Waals surface area contributed by atoms with Crippen molar-refractivity contribution in [3.05, 3.63) is 35.2 Å². The van der Waals surface area contributed by atoms with Crippen LogP contribution in [0.5, 0.6) is 0 Å². The van der Waals surface area contributed by atoms with Crippen LogP contribution in [0.2, 0.25) is 0 Å². The molecule has 1 aromatic carbocycles. The molecule has 3 rings (SSSR count). The number of benzene rings is 1. The molecule has 0 atom stereocenters. The highest BCUT2D eigenvalue weighted by atomic mass is 32.1. The van der Waals surface area contributed by atoms with E-state index >= 15 is 0 Å². The molecule has 2 nitrogen and oxygen atoms in total. The molecular weight excluding hydrogens is 220 g/mol. The quantitative estimate of drug-likeness (QED) is 0.881. The zero-order valence-corrected chi connectivity index (χ0v) is 9.59. The van der Waals surface area contributed by atoms with Gasteiger partial charge in [0.25, 0.3) is 0 Å². The lowest BCUT2D eigenvalue weighted by molar-refractivity contribution is -0.143. The number of thiophene rings is 1. The van der Waals surface area contributed by atoms with Crippen molar-refractivity contribution < 1.29 is 9.90 Å². The van der Waals surface area contributed by atoms with Crippen molar-refractivity contribution in [3.63, 3.8) is 0 Å². The van der Waals surface area contributed by atoms with Crippen LogP contribution >= 0.6 is 11.3 Å². The summed E-state index contributed by atoms with van der Waals surface area (Å²) in [4.78, 5) is 11.1. The van der Waals surface area contributed by atoms with Crippen molar-refractivity contribution in [2.75, 3.05) is 0 Å². The van der Waals surface area contributed by atoms with E-state index in [2.05, 4.69) is 17.5 Å². The van der Waals surface area contributed by atoms with Crippen molar-refractivity contribution in [2.24, 2.45) is 5.41 Å². The summed E-state index contributed by atoms with van der Waals surface area (Å²) in [6, 6.07) is 8.20. The lowest BCUT2D eigenvalue weighted by Crippen LogP contribution is -2.17. The largest absolute Gasteiger partial charge is 0.481 e. The first-order valence-corrected chi connectivity index (χ1v) is 6.28. The Hall–Kier alpha value is -1.35. The summed E-state index contributed by atoms with van der Waals surface area (Å²) >= 11 is 1.70. The second-order valence-electron chi connectivity index (χ2n) is 4.52. The van der Waals surface area contributed by atoms with Crippen LogP contribution in [0.3, 0.4) is 0 Å². The highest BCUT2D eigenvalue weighted by Gasteiger charge is 2.50. The summed E-state index contributed by atoms with van der Waals surface area (Å²) in [5.41, 5.74) is 0.740. The molecule has 1 aliphatic carbocycles. The number of rotatable bonds is 3. The van der Waals surface area contributed by atoms with Crippen LogP contribution in [-0.4, -0.2) is 11.1 Å². The summed E-state index contributed by atoms with van der Waals surface area (Å²) in [6.45, 7) is 0. The predicted molar refractivity (Wildman–Crippen MR) is 64.8 cm³/mol. The molecule has 0 saturated heterocycles. The maximum absolute atomic E-state index is 11.1. The van der Waals surface area contributed by atoms with Crippen molar-refractivity contribution in [1.29, 1.82) is 0 Å². The van der Waals surface area contributed by atoms with Gasteiger partial charge in [0, 0.05) is 4.70 Å². The summed E-state index contributed by atoms with van der Waals surface area (Å²) in [7, 11) is 0. The number of carboxylic acids is 1. The highest BCUT2D eigenvalue weighted by molar-refractivity contribution is 7.17. The molecule has 1 fully saturated rings. The average molecular weight is 232 g/mol. The fourth-order valence-corrected chi connectivity index (χ4v) is 3.11. The fraction of sp³-hybridized carbons (Fsp3) is 0.308. The molecule has 1 saturated carbocycles. The molecule has 0 spiro atoms. The van der Waals surface area contributed by atoms with Gasteiger partial charge in [0.1, 0.15) is 0 Å². The Balaban J connectivity index is 1.98. The van der Waals surface area contributed by atoms with Gasteiger partial charge in [-0.15, -0.1) is 11.3 Å². The van der Waals surface area contributed by atoms with Crippen LogP contribution in [-0.2, 0) is 11.2 Å². The first kappa shape index (κ1) is 9.85. The van der Waals surface area contributed by atoms with E-state index in [4.69, 9.17) is 0 Å². The normalized spacial score (nSPS) is 17.5. The number of hydrogen-bond acceptors (Lipinski definition) is 2. The summed E-state index contributed by atoms with van der Waals surface area (Å²) in [6.07, 6.45) is 2.34. The molecule has 82 valence electrons. The van der Waals surface area contributed by atoms with Crippen LogP contribution in [0.25, 0.3) is 10.1 Å². The summed E-state index contributed by atoms with van der Waals surface area (Å²) in [5, 5.41) is 12.5. The zero-order chi connectivity index (χ0) is 11.2. The summed E-state index contributed by atoms with van der Waals surface area (Å²) in [5.74, 6) is -0.636. The van der Waals surface area contributed by atoms with Crippen LogP contribution < -0.4 is 0 Å². The van der Waals surface area contributed by atoms with E-state index in [1.807, 2.05) is 12.1 Å². The molecule has 1 aromatic heterocycles. The Morgan fingerprint density at radius 1 is 1.38 bits per heavy atom. The molecule has 0 aliphatic heterocycles. The van der Waals surface area contributed by atoms with E-state index in [0.717, 1.165) is 12.8 Å². The maximum atomic E-state index is 11.1. The van der Waals surface area contributed by atoms with Crippen molar-refractivity contribution in [2.45, 2.75) is 19.3 Å². The van der Waals surface area contributed by atoms with Crippen molar-refractivity contribution in [1.82, 2.24) is 0 Å². The van der Waals surface area contributed by atoms with E-state index in [1.54, 1.807) is 11.3 Å². The number of carbonyl (C=O) groups is 1. The molecule has 1 heterocycles. The van der Waals surface area contributed by atoms with Gasteiger partial charge >= 0.3 is 5.97 Å². The molecule has 1 N–H and O–H groups in total. The van der Waals surface area contributed by atoms with Crippen LogP contribution in [0.15, 0.2) is 29.6 Å². The van der Waals surface area contributed by atoms with Gasteiger partial charge in [-0.2, -0.15) is 0 Å². The number of fused-ring (bicyclic) bond motifs is 1. The second-order valence-corrected chi connectivity index (χ2v) is 5.43. The molecule has 3 heteroatoms. The molecule has 16 heavy (non-hydrogen) atoms. The van der Waals surface area contributed by atoms with E-state index in [1.165, 1.54) is 15.6 Å². The third kappa shape index (κ3) is 1.43. The van der Waals surface area contributed by atoms with Crippen molar-refractivity contribution >= 4 is 27.4 Å². The minimum Gasteiger partial charge on any atom is -0.481 e. The van der Waals surface area contributed by atoms with E-state index in [-0.39, 0.29) is 0 Å². The third-order valence-corrected chi connectivity index (χ3v) is 4.41. The van der Waals surface area contributed by atoms with Gasteiger partial charge in [0.2, 0.25) is 0 Å². The molecule has 0 bridgehead atoms. The average Bonchev–Trinajstić information content (AvgIpc) is 2.96. The lowest BCUT2D eigenvalue weighted by Gasteiger charge is -2.08. The van der Waals surface area contributed by atoms with Gasteiger partial charge in [-0.05, 0) is 41.7 Å². The molecule has 0 radical (unpaired) electrons. The number of hydrogen-bond donors (Lipinski definition) is 1. The predicted octanol–water partition coefficient (Wildman–Crippen LogP) is 3.31. The minimum atomic E-state index is -0.636. The van der Waals surface area contributed by atoms with E-state index < -0.39 is 11.4 Å². The first-order chi connectivity index (χ1) is 7.71. The van der Waals surface area contributed by atoms with Gasteiger partial charge in [-0.25, -0.2) is 0 Å². The molecule has 0 unspecified atom stereocenters. The van der Waals surface area contributed by atoms with E-state index in [9.17, 15) is 9.90 Å². The molecular formula is C13H12O2S. The van der Waals surface area contributed by atoms with Gasteiger partial charge in [-0.3, -0.25) is 4.79 Å². The Kier molecular flexibility index (Phi) is 2.04. The van der Waals surface area contributed by atoms with Crippen LogP contribution in [0.1, 0.15) is 18.4 Å². The minimum absolute atomic E-state index is 0.455. The Morgan fingerprint density at radius 3 is 2.81 bits per heavy atom. The Bertz CT molecular complexity index is 552. The van der Waals surface area contributed by atoms with Crippen LogP contribution in [0, 0.1) is 5.41 Å². The molecule has 2 aromatic rings. The lowest BCUT2D eigenvalue weighted by atomic mass is 9.96. The monoisotopic (exact) mass is 232 g/mol. The Labute approximate surface area is 97.5 Å². The first-order valence-electron chi connectivity index (χ1n) is 5.40. The zero-order valence-electron chi connectivity index (χ0n) is 8.77. The van der Waals surface area contributed by atoms with Gasteiger partial charge in [0.05, 0.1) is 5.41 Å². The van der Waals surface area contributed by atoms with Crippen molar-refractivity contribution in [3.8, 4) is 0 Å². The smallest absolute Gasteiger partial charge is 0.309 e. The van der Waals surface area contributed by atoms with Crippen LogP contribution in [0.4, 0.5) is 0 Å². The second kappa shape index (κ2) is 3.32. The highest BCUT2D eigenvalue weighted by Crippen LogP contribution is 2.49. The SMILES string of the molecule is O=C(O)C1(Cc2csc3ccccc23)CC1. The topological polar surface area (TPSA) is 37.3 Å². The number of carboxylic acid groups (broad SMARTS) is 1. The fourth-order valence-electron chi connectivity index (χ4n) is 2.15. The van der Waals surface area contributed by atoms with Gasteiger partial charge < -0.3 is 5.11 Å². The van der Waals surface area contributed by atoms with Gasteiger partial charge in [-0.1, -0.05) is 18.2 Å². The summed E-state index contributed by atoms with van der Waals surface area (Å²) < 4.78 is 1.25. The third-order valence-electron chi connectivity index (χ3n) is 3.40. The molecule has 0 amide bonds. The maximum Gasteiger partial charge on any atom is 0.309 e. The standard InChI is InChI=1S/C13H12O2S/c14-12(15)13(5-6-13)7-9-8-16-11-4-2-1-3-10(9)11/h1-4,8H,5-7H2,(H,14,15). The molecule has 1 aliphatic rings. The van der Waals surface area contributed by atoms with Gasteiger partial charge in [0.15, 0.2) is 0 Å². The number of aliphatic carboxylic acids is 1.